The lowest BCUT2D eigenvalue weighted by molar-refractivity contribution is -0.130. The zero-order valence-corrected chi connectivity index (χ0v) is 14.4. The van der Waals surface area contributed by atoms with E-state index in [9.17, 15) is 14.0 Å². The van der Waals surface area contributed by atoms with Crippen LogP contribution in [0, 0.1) is 11.2 Å². The normalized spacial score (nSPS) is 13.6. The molecule has 2 rings (SSSR count). The van der Waals surface area contributed by atoms with E-state index in [1.165, 1.54) is 0 Å². The van der Waals surface area contributed by atoms with Gasteiger partial charge in [0.1, 0.15) is 5.82 Å². The SMILES string of the molecule is CC(C)(C)C(=O)NCC(=O)Nc1ccc2c(c1F)CCNC2.Cl. The molecular formula is C16H23ClFN3O2. The molecule has 0 saturated carbocycles. The Bertz CT molecular complexity index is 600. The molecule has 0 atom stereocenters. The van der Waals surface area contributed by atoms with E-state index in [4.69, 9.17) is 0 Å². The van der Waals surface area contributed by atoms with E-state index in [0.29, 0.717) is 18.5 Å². The fourth-order valence-corrected chi connectivity index (χ4v) is 2.25. The zero-order valence-electron chi connectivity index (χ0n) is 13.6. The van der Waals surface area contributed by atoms with Crippen molar-refractivity contribution in [2.45, 2.75) is 33.7 Å². The lowest BCUT2D eigenvalue weighted by atomic mass is 9.96. The first kappa shape index (κ1) is 19.4. The number of halogens is 2. The van der Waals surface area contributed by atoms with Gasteiger partial charge in [0.05, 0.1) is 12.2 Å². The van der Waals surface area contributed by atoms with Crippen LogP contribution in [0.2, 0.25) is 0 Å². The van der Waals surface area contributed by atoms with Crippen LogP contribution in [0.5, 0.6) is 0 Å². The molecule has 1 aliphatic rings. The van der Waals surface area contributed by atoms with Gasteiger partial charge in [0.25, 0.3) is 0 Å². The van der Waals surface area contributed by atoms with Crippen molar-refractivity contribution in [1.29, 1.82) is 0 Å². The second kappa shape index (κ2) is 7.75. The minimum Gasteiger partial charge on any atom is -0.347 e. The molecule has 7 heteroatoms. The highest BCUT2D eigenvalue weighted by Crippen LogP contribution is 2.24. The lowest BCUT2D eigenvalue weighted by Gasteiger charge is -2.20. The van der Waals surface area contributed by atoms with Crippen molar-refractivity contribution in [2.24, 2.45) is 5.41 Å². The minimum absolute atomic E-state index is 0. The summed E-state index contributed by atoms with van der Waals surface area (Å²) in [7, 11) is 0. The predicted molar refractivity (Wildman–Crippen MR) is 90.2 cm³/mol. The minimum atomic E-state index is -0.565. The second-order valence-corrected chi connectivity index (χ2v) is 6.47. The van der Waals surface area contributed by atoms with Crippen molar-refractivity contribution < 1.29 is 14.0 Å². The monoisotopic (exact) mass is 343 g/mol. The van der Waals surface area contributed by atoms with E-state index in [2.05, 4.69) is 16.0 Å². The smallest absolute Gasteiger partial charge is 0.243 e. The average Bonchev–Trinajstić information content (AvgIpc) is 2.47. The Morgan fingerprint density at radius 3 is 2.65 bits per heavy atom. The Hall–Kier alpha value is -1.66. The molecule has 128 valence electrons. The number of carbonyl (C=O) groups is 2. The maximum Gasteiger partial charge on any atom is 0.243 e. The summed E-state index contributed by atoms with van der Waals surface area (Å²) in [5.74, 6) is -1.04. The van der Waals surface area contributed by atoms with Gasteiger partial charge in [0.2, 0.25) is 11.8 Å². The van der Waals surface area contributed by atoms with Crippen molar-refractivity contribution in [2.75, 3.05) is 18.4 Å². The van der Waals surface area contributed by atoms with E-state index >= 15 is 0 Å². The number of benzene rings is 1. The summed E-state index contributed by atoms with van der Waals surface area (Å²) < 4.78 is 14.4. The number of anilines is 1. The summed E-state index contributed by atoms with van der Waals surface area (Å²) in [5, 5.41) is 8.23. The van der Waals surface area contributed by atoms with Gasteiger partial charge in [0.15, 0.2) is 0 Å². The van der Waals surface area contributed by atoms with Crippen LogP contribution in [0.15, 0.2) is 12.1 Å². The molecule has 2 amide bonds. The lowest BCUT2D eigenvalue weighted by Crippen LogP contribution is -2.39. The molecule has 0 fully saturated rings. The van der Waals surface area contributed by atoms with E-state index in [-0.39, 0.29) is 36.4 Å². The molecule has 23 heavy (non-hydrogen) atoms. The van der Waals surface area contributed by atoms with E-state index in [0.717, 1.165) is 12.1 Å². The summed E-state index contributed by atoms with van der Waals surface area (Å²) in [6.07, 6.45) is 0.603. The fourth-order valence-electron chi connectivity index (χ4n) is 2.25. The zero-order chi connectivity index (χ0) is 16.3. The van der Waals surface area contributed by atoms with Crippen LogP contribution in [0.25, 0.3) is 0 Å². The number of hydrogen-bond donors (Lipinski definition) is 3. The van der Waals surface area contributed by atoms with Gasteiger partial charge in [-0.1, -0.05) is 26.8 Å². The maximum absolute atomic E-state index is 14.4. The summed E-state index contributed by atoms with van der Waals surface area (Å²) in [6, 6.07) is 3.37. The van der Waals surface area contributed by atoms with Crippen molar-refractivity contribution >= 4 is 29.9 Å². The van der Waals surface area contributed by atoms with Gasteiger partial charge in [-0.3, -0.25) is 9.59 Å². The highest BCUT2D eigenvalue weighted by molar-refractivity contribution is 5.95. The Balaban J connectivity index is 0.00000264. The highest BCUT2D eigenvalue weighted by Gasteiger charge is 2.22. The van der Waals surface area contributed by atoms with Crippen molar-refractivity contribution in [3.63, 3.8) is 0 Å². The van der Waals surface area contributed by atoms with Crippen molar-refractivity contribution in [3.05, 3.63) is 29.1 Å². The van der Waals surface area contributed by atoms with Crippen LogP contribution in [-0.2, 0) is 22.6 Å². The molecule has 0 spiro atoms. The quantitative estimate of drug-likeness (QED) is 0.786. The average molecular weight is 344 g/mol. The van der Waals surface area contributed by atoms with E-state index in [1.54, 1.807) is 26.8 Å². The van der Waals surface area contributed by atoms with E-state index in [1.807, 2.05) is 6.07 Å². The largest absolute Gasteiger partial charge is 0.347 e. The van der Waals surface area contributed by atoms with Gasteiger partial charge in [0, 0.05) is 12.0 Å². The number of carbonyl (C=O) groups excluding carboxylic acids is 2. The molecule has 0 bridgehead atoms. The van der Waals surface area contributed by atoms with Gasteiger partial charge < -0.3 is 16.0 Å². The number of rotatable bonds is 3. The Morgan fingerprint density at radius 2 is 2.00 bits per heavy atom. The molecule has 1 aromatic carbocycles. The number of amides is 2. The van der Waals surface area contributed by atoms with Crippen molar-refractivity contribution in [3.8, 4) is 0 Å². The molecule has 3 N–H and O–H groups in total. The molecular weight excluding hydrogens is 321 g/mol. The maximum atomic E-state index is 14.4. The first-order chi connectivity index (χ1) is 10.3. The third-order valence-electron chi connectivity index (χ3n) is 3.57. The number of hydrogen-bond acceptors (Lipinski definition) is 3. The third-order valence-corrected chi connectivity index (χ3v) is 3.57. The Labute approximate surface area is 141 Å². The first-order valence-corrected chi connectivity index (χ1v) is 7.38. The predicted octanol–water partition coefficient (Wildman–Crippen LogP) is 1.99. The van der Waals surface area contributed by atoms with Gasteiger partial charge >= 0.3 is 0 Å². The molecule has 0 unspecified atom stereocenters. The van der Waals surface area contributed by atoms with E-state index < -0.39 is 11.3 Å². The summed E-state index contributed by atoms with van der Waals surface area (Å²) in [6.45, 7) is 6.48. The molecule has 5 nitrogen and oxygen atoms in total. The van der Waals surface area contributed by atoms with Gasteiger partial charge in [-0.05, 0) is 30.2 Å². The number of fused-ring (bicyclic) bond motifs is 1. The summed E-state index contributed by atoms with van der Waals surface area (Å²) in [5.41, 5.74) is 1.17. The Morgan fingerprint density at radius 1 is 1.30 bits per heavy atom. The molecule has 1 aliphatic heterocycles. The van der Waals surface area contributed by atoms with Gasteiger partial charge in [-0.15, -0.1) is 12.4 Å². The van der Waals surface area contributed by atoms with Crippen LogP contribution < -0.4 is 16.0 Å². The molecule has 0 aromatic heterocycles. The molecule has 0 radical (unpaired) electrons. The van der Waals surface area contributed by atoms with Crippen LogP contribution in [0.3, 0.4) is 0 Å². The number of nitrogens with one attached hydrogen (secondary N) is 3. The first-order valence-electron chi connectivity index (χ1n) is 7.38. The molecule has 1 heterocycles. The summed E-state index contributed by atoms with van der Waals surface area (Å²) in [4.78, 5) is 23.6. The summed E-state index contributed by atoms with van der Waals surface area (Å²) >= 11 is 0. The van der Waals surface area contributed by atoms with Crippen LogP contribution >= 0.6 is 12.4 Å². The highest BCUT2D eigenvalue weighted by atomic mass is 35.5. The van der Waals surface area contributed by atoms with Crippen molar-refractivity contribution in [1.82, 2.24) is 10.6 Å². The molecule has 0 saturated heterocycles. The van der Waals surface area contributed by atoms with Gasteiger partial charge in [-0.2, -0.15) is 0 Å². The van der Waals surface area contributed by atoms with Crippen LogP contribution in [0.4, 0.5) is 10.1 Å². The standard InChI is InChI=1S/C16H22FN3O2.ClH/c1-16(2,3)15(22)19-9-13(21)20-12-5-4-10-8-18-7-6-11(10)14(12)17;/h4-5,18H,6-9H2,1-3H3,(H,19,22)(H,20,21);1H. The van der Waals surface area contributed by atoms with Gasteiger partial charge in [-0.25, -0.2) is 4.39 Å². The molecule has 0 aliphatic carbocycles. The Kier molecular flexibility index (Phi) is 6.53. The fraction of sp³-hybridized carbons (Fsp3) is 0.500. The molecule has 1 aromatic rings. The van der Waals surface area contributed by atoms with Crippen LogP contribution in [0.1, 0.15) is 31.9 Å². The topological polar surface area (TPSA) is 70.2 Å². The second-order valence-electron chi connectivity index (χ2n) is 6.47. The third kappa shape index (κ3) is 4.91. The van der Waals surface area contributed by atoms with Crippen LogP contribution in [-0.4, -0.2) is 24.9 Å².